The lowest BCUT2D eigenvalue weighted by Gasteiger charge is -2.17. The van der Waals surface area contributed by atoms with Gasteiger partial charge in [0, 0.05) is 22.7 Å². The van der Waals surface area contributed by atoms with Crippen LogP contribution in [0.15, 0.2) is 42.5 Å². The molecule has 0 radical (unpaired) electrons. The fraction of sp³-hybridized carbons (Fsp3) is 0.250. The fourth-order valence-electron chi connectivity index (χ4n) is 4.32. The summed E-state index contributed by atoms with van der Waals surface area (Å²) in [5.41, 5.74) is -0.432. The molecule has 0 spiro atoms. The zero-order valence-corrected chi connectivity index (χ0v) is 20.3. The molecular formula is C24H19F3N6O6. The number of halogens is 3. The number of nitrogens with zero attached hydrogens (tertiary/aromatic N) is 5. The molecule has 2 aromatic carbocycles. The molecule has 2 aromatic heterocycles. The summed E-state index contributed by atoms with van der Waals surface area (Å²) in [5, 5.41) is 24.0. The van der Waals surface area contributed by atoms with Crippen LogP contribution in [0.1, 0.15) is 34.4 Å². The average Bonchev–Trinajstić information content (AvgIpc) is 3.47. The molecule has 1 fully saturated rings. The highest BCUT2D eigenvalue weighted by atomic mass is 19.4. The Labute approximate surface area is 216 Å². The summed E-state index contributed by atoms with van der Waals surface area (Å²) in [4.78, 5) is 37.9. The second-order valence-corrected chi connectivity index (χ2v) is 8.96. The number of alkyl carbamates (subject to hydrolysis) is 1. The van der Waals surface area contributed by atoms with Gasteiger partial charge in [0.05, 0.1) is 17.6 Å². The molecular weight excluding hydrogens is 525 g/mol. The van der Waals surface area contributed by atoms with E-state index in [0.29, 0.717) is 11.1 Å². The molecule has 39 heavy (non-hydrogen) atoms. The van der Waals surface area contributed by atoms with E-state index in [1.807, 2.05) is 5.32 Å². The highest BCUT2D eigenvalue weighted by Crippen LogP contribution is 2.33. The molecule has 1 saturated heterocycles. The lowest BCUT2D eigenvalue weighted by Crippen LogP contribution is -2.40. The normalized spacial score (nSPS) is 17.4. The number of amides is 2. The molecule has 5 rings (SSSR count). The van der Waals surface area contributed by atoms with Gasteiger partial charge in [0.15, 0.2) is 11.6 Å². The monoisotopic (exact) mass is 544 g/mol. The van der Waals surface area contributed by atoms with Crippen LogP contribution in [0, 0.1) is 6.92 Å². The number of tetrazole rings is 1. The van der Waals surface area contributed by atoms with Crippen LogP contribution in [-0.2, 0) is 22.6 Å². The number of hydrogen-bond donors (Lipinski definition) is 2. The number of hydrogen-bond acceptors (Lipinski definition) is 9. The number of nitrogens with one attached hydrogen (secondary N) is 1. The number of aromatic nitrogens is 5. The number of imide groups is 1. The topological polar surface area (TPSA) is 150 Å². The van der Waals surface area contributed by atoms with E-state index < -0.39 is 35.5 Å². The standard InChI is InChI=1S/C24H19F3N6O6/c1-12-19(20(35)13-3-5-14(34)6-4-13)16-8-7-15(38-24(25,26)27)9-17(16)32(12)10-18-29-31-33(30-18)11-23(2)21(36)28-22(37)39-23/h3-9,34H,10-11H2,1-2H3,(H,28,36,37)/t23-/m0/s1. The van der Waals surface area contributed by atoms with Gasteiger partial charge >= 0.3 is 12.5 Å². The second-order valence-electron chi connectivity index (χ2n) is 8.96. The highest BCUT2D eigenvalue weighted by molar-refractivity contribution is 6.17. The third kappa shape index (κ3) is 4.97. The Kier molecular flexibility index (Phi) is 6.00. The Balaban J connectivity index is 1.54. The van der Waals surface area contributed by atoms with Crippen LogP contribution in [0.2, 0.25) is 0 Å². The van der Waals surface area contributed by atoms with Crippen molar-refractivity contribution in [2.45, 2.75) is 38.9 Å². The van der Waals surface area contributed by atoms with Gasteiger partial charge in [-0.15, -0.1) is 23.4 Å². The number of carbonyl (C=O) groups is 3. The van der Waals surface area contributed by atoms with E-state index in [-0.39, 0.29) is 41.3 Å². The smallest absolute Gasteiger partial charge is 0.508 e. The summed E-state index contributed by atoms with van der Waals surface area (Å²) in [6, 6.07) is 9.17. The van der Waals surface area contributed by atoms with Gasteiger partial charge in [0.1, 0.15) is 18.0 Å². The lowest BCUT2D eigenvalue weighted by molar-refractivity contribution is -0.274. The van der Waals surface area contributed by atoms with Crippen LogP contribution in [0.4, 0.5) is 18.0 Å². The van der Waals surface area contributed by atoms with Crippen LogP contribution < -0.4 is 10.1 Å². The van der Waals surface area contributed by atoms with Crippen molar-refractivity contribution in [3.63, 3.8) is 0 Å². The van der Waals surface area contributed by atoms with Crippen LogP contribution in [0.25, 0.3) is 10.9 Å². The third-order valence-electron chi connectivity index (χ3n) is 6.14. The molecule has 0 unspecified atom stereocenters. The van der Waals surface area contributed by atoms with Crippen molar-refractivity contribution >= 4 is 28.7 Å². The molecule has 3 heterocycles. The van der Waals surface area contributed by atoms with Crippen molar-refractivity contribution < 1.29 is 42.1 Å². The van der Waals surface area contributed by atoms with Gasteiger partial charge in [-0.3, -0.25) is 14.9 Å². The molecule has 2 amide bonds. The minimum atomic E-state index is -4.93. The summed E-state index contributed by atoms with van der Waals surface area (Å²) in [7, 11) is 0. The molecule has 1 atom stereocenters. The minimum absolute atomic E-state index is 0.0347. The van der Waals surface area contributed by atoms with E-state index in [2.05, 4.69) is 20.1 Å². The maximum atomic E-state index is 13.4. The van der Waals surface area contributed by atoms with Crippen LogP contribution in [0.3, 0.4) is 0 Å². The molecule has 202 valence electrons. The second kappa shape index (κ2) is 9.11. The zero-order valence-electron chi connectivity index (χ0n) is 20.3. The first-order valence-corrected chi connectivity index (χ1v) is 11.4. The number of ether oxygens (including phenoxy) is 2. The molecule has 12 nitrogen and oxygen atoms in total. The Morgan fingerprint density at radius 2 is 1.90 bits per heavy atom. The first-order valence-electron chi connectivity index (χ1n) is 11.4. The fourth-order valence-corrected chi connectivity index (χ4v) is 4.32. The Morgan fingerprint density at radius 1 is 1.18 bits per heavy atom. The summed E-state index contributed by atoms with van der Waals surface area (Å²) in [6.45, 7) is 2.65. The largest absolute Gasteiger partial charge is 0.573 e. The van der Waals surface area contributed by atoms with Crippen molar-refractivity contribution in [2.75, 3.05) is 0 Å². The van der Waals surface area contributed by atoms with E-state index in [0.717, 1.165) is 16.9 Å². The lowest BCUT2D eigenvalue weighted by atomic mass is 10.0. The molecule has 2 N–H and O–H groups in total. The molecule has 1 aliphatic rings. The van der Waals surface area contributed by atoms with Crippen molar-refractivity contribution in [2.24, 2.45) is 0 Å². The van der Waals surface area contributed by atoms with E-state index in [1.54, 1.807) is 6.92 Å². The van der Waals surface area contributed by atoms with Crippen molar-refractivity contribution in [1.82, 2.24) is 30.1 Å². The summed E-state index contributed by atoms with van der Waals surface area (Å²) >= 11 is 0. The number of phenolic OH excluding ortho intramolecular Hbond substituents is 1. The number of carbonyl (C=O) groups excluding carboxylic acids is 3. The Hall–Kier alpha value is -4.95. The predicted octanol–water partition coefficient (Wildman–Crippen LogP) is 2.84. The Morgan fingerprint density at radius 3 is 2.54 bits per heavy atom. The molecule has 0 aliphatic carbocycles. The number of alkyl halides is 3. The van der Waals surface area contributed by atoms with Gasteiger partial charge in [-0.05, 0) is 55.5 Å². The number of benzene rings is 2. The van der Waals surface area contributed by atoms with Crippen molar-refractivity contribution in [3.8, 4) is 11.5 Å². The maximum absolute atomic E-state index is 13.4. The molecule has 0 saturated carbocycles. The number of phenols is 1. The van der Waals surface area contributed by atoms with E-state index in [1.165, 1.54) is 41.8 Å². The summed E-state index contributed by atoms with van der Waals surface area (Å²) < 4.78 is 49.4. The highest BCUT2D eigenvalue weighted by Gasteiger charge is 2.46. The molecule has 0 bridgehead atoms. The Bertz CT molecular complexity index is 1630. The van der Waals surface area contributed by atoms with Crippen LogP contribution >= 0.6 is 0 Å². The SMILES string of the molecule is Cc1c(C(=O)c2ccc(O)cc2)c2ccc(OC(F)(F)F)cc2n1Cc1nnn(C[C@]2(C)OC(=O)NC2=O)n1. The molecule has 1 aliphatic heterocycles. The predicted molar refractivity (Wildman–Crippen MR) is 125 cm³/mol. The summed E-state index contributed by atoms with van der Waals surface area (Å²) in [5.74, 6) is -1.51. The van der Waals surface area contributed by atoms with Gasteiger partial charge in [0.2, 0.25) is 5.60 Å². The van der Waals surface area contributed by atoms with Gasteiger partial charge in [-0.2, -0.15) is 4.80 Å². The number of rotatable bonds is 7. The van der Waals surface area contributed by atoms with Crippen LogP contribution in [0.5, 0.6) is 11.5 Å². The summed E-state index contributed by atoms with van der Waals surface area (Å²) in [6.07, 6.45) is -5.83. The number of aromatic hydroxyl groups is 1. The van der Waals surface area contributed by atoms with Crippen molar-refractivity contribution in [3.05, 3.63) is 65.1 Å². The zero-order chi connectivity index (χ0) is 28.1. The van der Waals surface area contributed by atoms with Gasteiger partial charge in [-0.25, -0.2) is 4.79 Å². The van der Waals surface area contributed by atoms with Gasteiger partial charge < -0.3 is 19.1 Å². The third-order valence-corrected chi connectivity index (χ3v) is 6.14. The number of fused-ring (bicyclic) bond motifs is 1. The van der Waals surface area contributed by atoms with Gasteiger partial charge in [-0.1, -0.05) is 0 Å². The van der Waals surface area contributed by atoms with E-state index >= 15 is 0 Å². The average molecular weight is 544 g/mol. The molecule has 4 aromatic rings. The quantitative estimate of drug-likeness (QED) is 0.335. The van der Waals surface area contributed by atoms with Crippen molar-refractivity contribution in [1.29, 1.82) is 0 Å². The first kappa shape index (κ1) is 25.7. The molecule has 15 heteroatoms. The maximum Gasteiger partial charge on any atom is 0.573 e. The number of cyclic esters (lactones) is 1. The minimum Gasteiger partial charge on any atom is -0.508 e. The van der Waals surface area contributed by atoms with Crippen LogP contribution in [-0.4, -0.2) is 59.6 Å². The van der Waals surface area contributed by atoms with Gasteiger partial charge in [0.25, 0.3) is 5.91 Å². The van der Waals surface area contributed by atoms with E-state index in [4.69, 9.17) is 4.74 Å². The first-order chi connectivity index (χ1) is 18.3. The van der Waals surface area contributed by atoms with E-state index in [9.17, 15) is 32.7 Å². The number of ketones is 1.